The molecule has 37 heavy (non-hydrogen) atoms. The molecule has 0 aromatic heterocycles. The SMILES string of the molecule is CCOc1cc(C=NNC(=O)CCNC(=O)c2ccc(Cl)c(Cl)c2)ccc1OCc1ccccc1C#N. The first-order chi connectivity index (χ1) is 17.9. The molecule has 0 spiro atoms. The standard InChI is InChI=1S/C27H24Cl2N4O4/c1-2-36-25-13-18(7-10-24(25)37-17-21-6-4-3-5-20(21)15-30)16-32-33-26(34)11-12-31-27(35)19-8-9-22(28)23(29)14-19/h3-10,13-14,16H,2,11-12,17H2,1H3,(H,31,35)(H,33,34). The molecule has 0 unspecified atom stereocenters. The maximum absolute atomic E-state index is 12.2. The summed E-state index contributed by atoms with van der Waals surface area (Å²) in [7, 11) is 0. The topological polar surface area (TPSA) is 113 Å². The maximum atomic E-state index is 12.2. The van der Waals surface area contributed by atoms with Crippen LogP contribution in [0.5, 0.6) is 11.5 Å². The highest BCUT2D eigenvalue weighted by Gasteiger charge is 2.10. The normalized spacial score (nSPS) is 10.5. The van der Waals surface area contributed by atoms with E-state index in [4.69, 9.17) is 32.7 Å². The van der Waals surface area contributed by atoms with E-state index in [-0.39, 0.29) is 36.4 Å². The molecule has 2 amide bonds. The Morgan fingerprint density at radius 3 is 2.59 bits per heavy atom. The van der Waals surface area contributed by atoms with Crippen molar-refractivity contribution in [2.24, 2.45) is 5.10 Å². The van der Waals surface area contributed by atoms with Gasteiger partial charge < -0.3 is 14.8 Å². The summed E-state index contributed by atoms with van der Waals surface area (Å²) in [5.41, 5.74) is 4.78. The lowest BCUT2D eigenvalue weighted by atomic mass is 10.1. The molecule has 3 aromatic rings. The molecule has 0 heterocycles. The second-order valence-electron chi connectivity index (χ2n) is 7.62. The highest BCUT2D eigenvalue weighted by atomic mass is 35.5. The van der Waals surface area contributed by atoms with Crippen LogP contribution in [-0.4, -0.2) is 31.2 Å². The molecular weight excluding hydrogens is 515 g/mol. The van der Waals surface area contributed by atoms with Crippen LogP contribution in [0.4, 0.5) is 0 Å². The number of rotatable bonds is 11. The summed E-state index contributed by atoms with van der Waals surface area (Å²) < 4.78 is 11.6. The molecule has 0 bridgehead atoms. The van der Waals surface area contributed by atoms with Gasteiger partial charge in [-0.25, -0.2) is 5.43 Å². The number of hydrazone groups is 1. The summed E-state index contributed by atoms with van der Waals surface area (Å²) in [6, 6.07) is 19.1. The Labute approximate surface area is 224 Å². The third kappa shape index (κ3) is 8.24. The highest BCUT2D eigenvalue weighted by molar-refractivity contribution is 6.42. The number of amides is 2. The largest absolute Gasteiger partial charge is 0.490 e. The van der Waals surface area contributed by atoms with Crippen molar-refractivity contribution >= 4 is 41.2 Å². The average molecular weight is 539 g/mol. The van der Waals surface area contributed by atoms with Gasteiger partial charge in [0.05, 0.1) is 34.5 Å². The van der Waals surface area contributed by atoms with Crippen LogP contribution in [0.1, 0.15) is 40.4 Å². The predicted molar refractivity (Wildman–Crippen MR) is 142 cm³/mol. The van der Waals surface area contributed by atoms with Crippen molar-refractivity contribution in [3.63, 3.8) is 0 Å². The number of hydrogen-bond donors (Lipinski definition) is 2. The van der Waals surface area contributed by atoms with Crippen LogP contribution in [0.15, 0.2) is 65.8 Å². The van der Waals surface area contributed by atoms with E-state index in [1.807, 2.05) is 19.1 Å². The third-order valence-electron chi connectivity index (χ3n) is 5.01. The van der Waals surface area contributed by atoms with E-state index in [9.17, 15) is 14.9 Å². The Kier molecular flexibility index (Phi) is 10.3. The first-order valence-electron chi connectivity index (χ1n) is 11.3. The van der Waals surface area contributed by atoms with Crippen LogP contribution in [0.3, 0.4) is 0 Å². The van der Waals surface area contributed by atoms with E-state index in [1.54, 1.807) is 36.4 Å². The minimum atomic E-state index is -0.369. The Morgan fingerprint density at radius 1 is 1.03 bits per heavy atom. The summed E-state index contributed by atoms with van der Waals surface area (Å²) in [5, 5.41) is 16.5. The van der Waals surface area contributed by atoms with Crippen molar-refractivity contribution in [2.75, 3.05) is 13.2 Å². The van der Waals surface area contributed by atoms with Crippen molar-refractivity contribution in [2.45, 2.75) is 20.0 Å². The van der Waals surface area contributed by atoms with Gasteiger partial charge >= 0.3 is 0 Å². The fraction of sp³-hybridized carbons (Fsp3) is 0.185. The van der Waals surface area contributed by atoms with Gasteiger partial charge in [0.2, 0.25) is 5.91 Å². The average Bonchev–Trinajstić information content (AvgIpc) is 2.90. The molecule has 10 heteroatoms. The van der Waals surface area contributed by atoms with Gasteiger partial charge in [-0.15, -0.1) is 0 Å². The van der Waals surface area contributed by atoms with Crippen molar-refractivity contribution in [3.05, 3.63) is 93.0 Å². The minimum Gasteiger partial charge on any atom is -0.490 e. The van der Waals surface area contributed by atoms with Crippen LogP contribution in [0, 0.1) is 11.3 Å². The summed E-state index contributed by atoms with van der Waals surface area (Å²) >= 11 is 11.8. The molecular formula is C27H24Cl2N4O4. The van der Waals surface area contributed by atoms with Crippen molar-refractivity contribution < 1.29 is 19.1 Å². The number of ether oxygens (including phenoxy) is 2. The van der Waals surface area contributed by atoms with Gasteiger partial charge in [-0.2, -0.15) is 10.4 Å². The van der Waals surface area contributed by atoms with Crippen molar-refractivity contribution in [1.82, 2.24) is 10.7 Å². The lowest BCUT2D eigenvalue weighted by Gasteiger charge is -2.13. The fourth-order valence-corrected chi connectivity index (χ4v) is 3.47. The van der Waals surface area contributed by atoms with Gasteiger partial charge in [-0.05, 0) is 55.0 Å². The summed E-state index contributed by atoms with van der Waals surface area (Å²) in [4.78, 5) is 24.2. The highest BCUT2D eigenvalue weighted by Crippen LogP contribution is 2.29. The summed E-state index contributed by atoms with van der Waals surface area (Å²) in [6.45, 7) is 2.62. The minimum absolute atomic E-state index is 0.0333. The van der Waals surface area contributed by atoms with Crippen molar-refractivity contribution in [1.29, 1.82) is 5.26 Å². The molecule has 0 aliphatic heterocycles. The molecule has 0 aliphatic rings. The Hall–Kier alpha value is -4.06. The number of carbonyl (C=O) groups is 2. The van der Waals surface area contributed by atoms with E-state index in [0.29, 0.717) is 39.8 Å². The van der Waals surface area contributed by atoms with Crippen LogP contribution >= 0.6 is 23.2 Å². The Morgan fingerprint density at radius 2 is 1.84 bits per heavy atom. The second-order valence-corrected chi connectivity index (χ2v) is 8.44. The molecule has 0 radical (unpaired) electrons. The van der Waals surface area contributed by atoms with E-state index in [1.165, 1.54) is 18.3 Å². The lowest BCUT2D eigenvalue weighted by Crippen LogP contribution is -2.29. The third-order valence-corrected chi connectivity index (χ3v) is 5.75. The van der Waals surface area contributed by atoms with Gasteiger partial charge in [0, 0.05) is 24.1 Å². The zero-order chi connectivity index (χ0) is 26.6. The lowest BCUT2D eigenvalue weighted by molar-refractivity contribution is -0.120. The second kappa shape index (κ2) is 13.9. The number of benzene rings is 3. The molecule has 3 rings (SSSR count). The molecule has 3 aromatic carbocycles. The van der Waals surface area contributed by atoms with Crippen molar-refractivity contribution in [3.8, 4) is 17.6 Å². The smallest absolute Gasteiger partial charge is 0.251 e. The van der Waals surface area contributed by atoms with Gasteiger partial charge in [-0.1, -0.05) is 41.4 Å². The molecule has 0 atom stereocenters. The number of nitrogens with one attached hydrogen (secondary N) is 2. The predicted octanol–water partition coefficient (Wildman–Crippen LogP) is 5.11. The zero-order valence-electron chi connectivity index (χ0n) is 20.0. The number of halogens is 2. The zero-order valence-corrected chi connectivity index (χ0v) is 21.5. The molecule has 0 aliphatic carbocycles. The van der Waals surface area contributed by atoms with Crippen LogP contribution in [0.2, 0.25) is 10.0 Å². The van der Waals surface area contributed by atoms with Crippen LogP contribution in [-0.2, 0) is 11.4 Å². The Bertz CT molecular complexity index is 1340. The van der Waals surface area contributed by atoms with Gasteiger partial charge in [0.25, 0.3) is 5.91 Å². The quantitative estimate of drug-likeness (QED) is 0.260. The van der Waals surface area contributed by atoms with E-state index in [0.717, 1.165) is 5.56 Å². The number of hydrogen-bond acceptors (Lipinski definition) is 6. The Balaban J connectivity index is 1.51. The van der Waals surface area contributed by atoms with Gasteiger partial charge in [0.15, 0.2) is 11.5 Å². The maximum Gasteiger partial charge on any atom is 0.251 e. The molecule has 8 nitrogen and oxygen atoms in total. The molecule has 0 saturated heterocycles. The van der Waals surface area contributed by atoms with Gasteiger partial charge in [0.1, 0.15) is 6.61 Å². The number of carbonyl (C=O) groups excluding carboxylic acids is 2. The fourth-order valence-electron chi connectivity index (χ4n) is 3.17. The van der Waals surface area contributed by atoms with E-state index in [2.05, 4.69) is 21.9 Å². The molecule has 0 fully saturated rings. The first-order valence-corrected chi connectivity index (χ1v) is 12.1. The summed E-state index contributed by atoms with van der Waals surface area (Å²) in [6.07, 6.45) is 1.51. The van der Waals surface area contributed by atoms with Gasteiger partial charge in [-0.3, -0.25) is 9.59 Å². The molecule has 2 N–H and O–H groups in total. The van der Waals surface area contributed by atoms with Crippen LogP contribution in [0.25, 0.3) is 0 Å². The number of nitriles is 1. The molecule has 190 valence electrons. The monoisotopic (exact) mass is 538 g/mol. The summed E-state index contributed by atoms with van der Waals surface area (Å²) in [5.74, 6) is 0.300. The van der Waals surface area contributed by atoms with E-state index < -0.39 is 0 Å². The molecule has 0 saturated carbocycles. The van der Waals surface area contributed by atoms with Crippen LogP contribution < -0.4 is 20.2 Å². The first kappa shape index (κ1) is 27.5. The number of nitrogens with zero attached hydrogens (tertiary/aromatic N) is 2. The van der Waals surface area contributed by atoms with E-state index >= 15 is 0 Å².